The molecule has 0 amide bonds. The van der Waals surface area contributed by atoms with E-state index in [1.54, 1.807) is 0 Å². The molecule has 0 bridgehead atoms. The normalized spacial score (nSPS) is 12.3. The summed E-state index contributed by atoms with van der Waals surface area (Å²) in [6.07, 6.45) is 0. The molecule has 0 fully saturated rings. The Bertz CT molecular complexity index is 138. The van der Waals surface area contributed by atoms with Crippen LogP contribution in [0.2, 0.25) is 0 Å². The lowest BCUT2D eigenvalue weighted by atomic mass is 10.1. The molecular weight excluding hydrogens is 157 g/mol. The fourth-order valence-corrected chi connectivity index (χ4v) is 1.12. The number of allylic oxidation sites excluding steroid dienone is 1. The molecule has 0 saturated carbocycles. The van der Waals surface area contributed by atoms with Crippen LogP contribution in [0.4, 0.5) is 0 Å². The van der Waals surface area contributed by atoms with Crippen LogP contribution in [0.25, 0.3) is 0 Å². The fourth-order valence-electron chi connectivity index (χ4n) is 0.427. The van der Waals surface area contributed by atoms with Crippen molar-refractivity contribution in [3.63, 3.8) is 0 Å². The molecule has 0 unspecified atom stereocenters. The van der Waals surface area contributed by atoms with E-state index in [-0.39, 0.29) is 11.1 Å². The summed E-state index contributed by atoms with van der Waals surface area (Å²) in [5.41, 5.74) is 2.03. The minimum Gasteiger partial charge on any atom is -0.289 e. The van der Waals surface area contributed by atoms with Crippen LogP contribution in [0.5, 0.6) is 0 Å². The third-order valence-corrected chi connectivity index (χ3v) is 1.45. The van der Waals surface area contributed by atoms with Gasteiger partial charge in [-0.3, -0.25) is 5.41 Å². The Morgan fingerprint density at radius 2 is 2.00 bits per heavy atom. The van der Waals surface area contributed by atoms with Crippen LogP contribution in [0.15, 0.2) is 11.1 Å². The summed E-state index contributed by atoms with van der Waals surface area (Å²) in [6.45, 7) is 3.87. The molecular formula is C6H9Cl2N. The third-order valence-electron chi connectivity index (χ3n) is 0.993. The van der Waals surface area contributed by atoms with Crippen molar-refractivity contribution in [3.8, 4) is 0 Å². The molecule has 0 aromatic heterocycles. The Kier molecular flexibility index (Phi) is 3.91. The van der Waals surface area contributed by atoms with Gasteiger partial charge in [0.15, 0.2) is 0 Å². The van der Waals surface area contributed by atoms with Gasteiger partial charge in [-0.25, -0.2) is 0 Å². The van der Waals surface area contributed by atoms with Gasteiger partial charge < -0.3 is 0 Å². The minimum atomic E-state index is 0.0278. The van der Waals surface area contributed by atoms with Crippen LogP contribution in [0.1, 0.15) is 13.8 Å². The zero-order valence-electron chi connectivity index (χ0n) is 5.41. The van der Waals surface area contributed by atoms with Gasteiger partial charge in [0, 0.05) is 11.1 Å². The van der Waals surface area contributed by atoms with E-state index in [9.17, 15) is 0 Å². The highest BCUT2D eigenvalue weighted by Gasteiger charge is 2.05. The zero-order valence-corrected chi connectivity index (χ0v) is 6.92. The topological polar surface area (TPSA) is 23.9 Å². The maximum absolute atomic E-state index is 6.99. The average Bonchev–Trinajstić information content (AvgIpc) is 1.64. The summed E-state index contributed by atoms with van der Waals surface area (Å²) in [5, 5.41) is 7.02. The first-order chi connectivity index (χ1) is 4.09. The van der Waals surface area contributed by atoms with Crippen molar-refractivity contribution in [1.82, 2.24) is 0 Å². The number of hydrogen-bond donors (Lipinski definition) is 1. The van der Waals surface area contributed by atoms with Gasteiger partial charge in [-0.1, -0.05) is 37.0 Å². The molecule has 0 aliphatic carbocycles. The summed E-state index contributed by atoms with van der Waals surface area (Å²) >= 11 is 10.7. The SMILES string of the molecule is CC(C)/C(=C\Cl)C(=N)Cl. The molecule has 0 spiro atoms. The minimum absolute atomic E-state index is 0.0278. The summed E-state index contributed by atoms with van der Waals surface area (Å²) in [4.78, 5) is 0. The van der Waals surface area contributed by atoms with Crippen molar-refractivity contribution in [2.75, 3.05) is 0 Å². The van der Waals surface area contributed by atoms with Crippen molar-refractivity contribution < 1.29 is 0 Å². The van der Waals surface area contributed by atoms with Gasteiger partial charge in [0.2, 0.25) is 0 Å². The lowest BCUT2D eigenvalue weighted by Crippen LogP contribution is -1.99. The number of hydrogen-bond acceptors (Lipinski definition) is 1. The molecule has 0 heterocycles. The quantitative estimate of drug-likeness (QED) is 0.609. The first-order valence-electron chi connectivity index (χ1n) is 2.64. The van der Waals surface area contributed by atoms with Crippen molar-refractivity contribution >= 4 is 28.4 Å². The highest BCUT2D eigenvalue weighted by atomic mass is 35.5. The third kappa shape index (κ3) is 2.87. The van der Waals surface area contributed by atoms with Crippen LogP contribution in [-0.4, -0.2) is 5.17 Å². The van der Waals surface area contributed by atoms with Gasteiger partial charge >= 0.3 is 0 Å². The molecule has 9 heavy (non-hydrogen) atoms. The maximum Gasteiger partial charge on any atom is 0.125 e. The molecule has 0 aromatic carbocycles. The van der Waals surface area contributed by atoms with E-state index < -0.39 is 0 Å². The Labute approximate surface area is 65.2 Å². The molecule has 0 aliphatic heterocycles. The zero-order chi connectivity index (χ0) is 7.44. The Hall–Kier alpha value is -0.0100. The van der Waals surface area contributed by atoms with Crippen LogP contribution in [0, 0.1) is 11.3 Å². The predicted octanol–water partition coefficient (Wildman–Crippen LogP) is 2.98. The predicted molar refractivity (Wildman–Crippen MR) is 42.4 cm³/mol. The van der Waals surface area contributed by atoms with Crippen LogP contribution < -0.4 is 0 Å². The van der Waals surface area contributed by atoms with Gasteiger partial charge in [0.25, 0.3) is 0 Å². The largest absolute Gasteiger partial charge is 0.289 e. The summed E-state index contributed by atoms with van der Waals surface area (Å²) in [7, 11) is 0. The monoisotopic (exact) mass is 165 g/mol. The highest BCUT2D eigenvalue weighted by molar-refractivity contribution is 6.69. The first kappa shape index (κ1) is 8.99. The summed E-state index contributed by atoms with van der Waals surface area (Å²) in [6, 6.07) is 0. The van der Waals surface area contributed by atoms with E-state index in [0.29, 0.717) is 5.57 Å². The maximum atomic E-state index is 6.99. The van der Waals surface area contributed by atoms with Gasteiger partial charge in [-0.05, 0) is 5.92 Å². The Morgan fingerprint density at radius 1 is 1.56 bits per heavy atom. The second-order valence-electron chi connectivity index (χ2n) is 2.03. The molecule has 52 valence electrons. The van der Waals surface area contributed by atoms with E-state index >= 15 is 0 Å². The molecule has 3 heteroatoms. The lowest BCUT2D eigenvalue weighted by molar-refractivity contribution is 0.806. The number of rotatable bonds is 2. The van der Waals surface area contributed by atoms with E-state index in [0.717, 1.165) is 0 Å². The van der Waals surface area contributed by atoms with Crippen molar-refractivity contribution in [2.45, 2.75) is 13.8 Å². The molecule has 0 rings (SSSR count). The van der Waals surface area contributed by atoms with Crippen molar-refractivity contribution in [1.29, 1.82) is 5.41 Å². The summed E-state index contributed by atoms with van der Waals surface area (Å²) in [5.74, 6) is 0.229. The molecule has 0 aliphatic rings. The van der Waals surface area contributed by atoms with E-state index in [1.807, 2.05) is 13.8 Å². The fraction of sp³-hybridized carbons (Fsp3) is 0.500. The lowest BCUT2D eigenvalue weighted by Gasteiger charge is -2.04. The average molecular weight is 166 g/mol. The second-order valence-corrected chi connectivity index (χ2v) is 2.63. The molecule has 0 radical (unpaired) electrons. The molecule has 1 N–H and O–H groups in total. The van der Waals surface area contributed by atoms with Crippen molar-refractivity contribution in [2.24, 2.45) is 5.92 Å². The van der Waals surface area contributed by atoms with E-state index in [2.05, 4.69) is 0 Å². The van der Waals surface area contributed by atoms with Crippen LogP contribution in [-0.2, 0) is 0 Å². The van der Waals surface area contributed by atoms with E-state index in [4.69, 9.17) is 28.6 Å². The number of halogens is 2. The second kappa shape index (κ2) is 3.91. The Balaban J connectivity index is 4.19. The van der Waals surface area contributed by atoms with Gasteiger partial charge in [0.05, 0.1) is 0 Å². The highest BCUT2D eigenvalue weighted by Crippen LogP contribution is 2.13. The number of nitrogens with one attached hydrogen (secondary N) is 1. The van der Waals surface area contributed by atoms with Crippen LogP contribution in [0.3, 0.4) is 0 Å². The van der Waals surface area contributed by atoms with Gasteiger partial charge in [-0.2, -0.15) is 0 Å². The molecule has 0 aromatic rings. The molecule has 0 atom stereocenters. The van der Waals surface area contributed by atoms with Crippen LogP contribution >= 0.6 is 23.2 Å². The summed E-state index contributed by atoms with van der Waals surface area (Å²) < 4.78 is 0. The molecule has 0 saturated heterocycles. The van der Waals surface area contributed by atoms with Gasteiger partial charge in [0.1, 0.15) is 5.17 Å². The Morgan fingerprint density at radius 3 is 2.00 bits per heavy atom. The van der Waals surface area contributed by atoms with Crippen molar-refractivity contribution in [3.05, 3.63) is 11.1 Å². The first-order valence-corrected chi connectivity index (χ1v) is 3.45. The molecule has 1 nitrogen and oxygen atoms in total. The smallest absolute Gasteiger partial charge is 0.125 e. The van der Waals surface area contributed by atoms with Gasteiger partial charge in [-0.15, -0.1) is 0 Å². The van der Waals surface area contributed by atoms with E-state index in [1.165, 1.54) is 5.54 Å². The standard InChI is InChI=1S/C6H9Cl2N/c1-4(2)5(3-7)6(8)9/h3-4,9H,1-2H3/b5-3+,9-6?.